The maximum Gasteiger partial charge on any atom is 0.241 e. The zero-order valence-electron chi connectivity index (χ0n) is 19.4. The molecule has 0 aromatic heterocycles. The number of nitrogens with one attached hydrogen (secondary N) is 1. The molecule has 31 heavy (non-hydrogen) atoms. The number of hydrogen-bond donors (Lipinski definition) is 1. The second-order valence-corrected chi connectivity index (χ2v) is 8.34. The Morgan fingerprint density at radius 2 is 1.58 bits per heavy atom. The van der Waals surface area contributed by atoms with Crippen molar-refractivity contribution in [1.82, 2.24) is 9.80 Å². The fourth-order valence-electron chi connectivity index (χ4n) is 4.11. The number of piperazine rings is 1. The predicted octanol–water partition coefficient (Wildman–Crippen LogP) is 3.64. The molecule has 0 aliphatic carbocycles. The van der Waals surface area contributed by atoms with Crippen LogP contribution in [0.3, 0.4) is 0 Å². The molecule has 2 aromatic carbocycles. The van der Waals surface area contributed by atoms with Crippen LogP contribution in [0.4, 0.5) is 5.69 Å². The van der Waals surface area contributed by atoms with E-state index in [9.17, 15) is 4.79 Å². The SMILES string of the molecule is COc1ccc(OCCN2CCN([C@@H](C)C(=O)Nc3c(C)cc(C)cc3C)CC2)cc1. The molecule has 2 aromatic rings. The van der Waals surface area contributed by atoms with Gasteiger partial charge in [-0.3, -0.25) is 14.6 Å². The van der Waals surface area contributed by atoms with Crippen molar-refractivity contribution in [3.05, 3.63) is 53.1 Å². The van der Waals surface area contributed by atoms with Gasteiger partial charge in [0, 0.05) is 38.4 Å². The van der Waals surface area contributed by atoms with E-state index in [2.05, 4.69) is 34.2 Å². The molecule has 0 unspecified atom stereocenters. The van der Waals surface area contributed by atoms with Crippen molar-refractivity contribution in [3.63, 3.8) is 0 Å². The van der Waals surface area contributed by atoms with Crippen LogP contribution in [0.2, 0.25) is 0 Å². The van der Waals surface area contributed by atoms with Crippen LogP contribution in [0, 0.1) is 20.8 Å². The number of aryl methyl sites for hydroxylation is 3. The van der Waals surface area contributed by atoms with E-state index in [-0.39, 0.29) is 11.9 Å². The van der Waals surface area contributed by atoms with Gasteiger partial charge in [-0.05, 0) is 63.1 Å². The number of hydrogen-bond acceptors (Lipinski definition) is 5. The van der Waals surface area contributed by atoms with Crippen LogP contribution in [-0.4, -0.2) is 68.2 Å². The molecular formula is C25H35N3O3. The molecule has 0 bridgehead atoms. The number of ether oxygens (including phenoxy) is 2. The second kappa shape index (κ2) is 10.6. The largest absolute Gasteiger partial charge is 0.497 e. The minimum atomic E-state index is -0.155. The Morgan fingerprint density at radius 3 is 2.16 bits per heavy atom. The Balaban J connectivity index is 1.42. The van der Waals surface area contributed by atoms with E-state index in [0.717, 1.165) is 61.0 Å². The molecule has 1 fully saturated rings. The van der Waals surface area contributed by atoms with Crippen LogP contribution >= 0.6 is 0 Å². The number of amides is 1. The fourth-order valence-corrected chi connectivity index (χ4v) is 4.11. The van der Waals surface area contributed by atoms with Gasteiger partial charge in [-0.2, -0.15) is 0 Å². The van der Waals surface area contributed by atoms with Crippen molar-refractivity contribution < 1.29 is 14.3 Å². The Morgan fingerprint density at radius 1 is 1.00 bits per heavy atom. The molecule has 1 atom stereocenters. The highest BCUT2D eigenvalue weighted by Crippen LogP contribution is 2.22. The summed E-state index contributed by atoms with van der Waals surface area (Å²) in [5, 5.41) is 3.15. The van der Waals surface area contributed by atoms with Crippen LogP contribution in [0.15, 0.2) is 36.4 Å². The van der Waals surface area contributed by atoms with Gasteiger partial charge in [-0.1, -0.05) is 17.7 Å². The van der Waals surface area contributed by atoms with Crippen molar-refractivity contribution in [1.29, 1.82) is 0 Å². The summed E-state index contributed by atoms with van der Waals surface area (Å²) >= 11 is 0. The standard InChI is InChI=1S/C25H35N3O3/c1-18-16-19(2)24(20(3)17-18)26-25(29)21(4)28-12-10-27(11-13-28)14-15-31-23-8-6-22(30-5)7-9-23/h6-9,16-17,21H,10-15H2,1-5H3,(H,26,29)/t21-/m0/s1. The molecule has 0 saturated carbocycles. The normalized spacial score (nSPS) is 16.0. The maximum absolute atomic E-state index is 12.9. The molecule has 6 nitrogen and oxygen atoms in total. The molecule has 1 heterocycles. The van der Waals surface area contributed by atoms with Crippen molar-refractivity contribution >= 4 is 11.6 Å². The molecular weight excluding hydrogens is 390 g/mol. The van der Waals surface area contributed by atoms with Crippen molar-refractivity contribution in [2.45, 2.75) is 33.7 Å². The second-order valence-electron chi connectivity index (χ2n) is 8.34. The Kier molecular flexibility index (Phi) is 7.93. The van der Waals surface area contributed by atoms with Gasteiger partial charge in [0.1, 0.15) is 18.1 Å². The minimum absolute atomic E-state index is 0.0614. The highest BCUT2D eigenvalue weighted by molar-refractivity contribution is 5.96. The van der Waals surface area contributed by atoms with E-state index < -0.39 is 0 Å². The van der Waals surface area contributed by atoms with E-state index in [1.807, 2.05) is 45.0 Å². The van der Waals surface area contributed by atoms with Gasteiger partial charge in [-0.25, -0.2) is 0 Å². The van der Waals surface area contributed by atoms with Crippen molar-refractivity contribution in [2.24, 2.45) is 0 Å². The van der Waals surface area contributed by atoms with Gasteiger partial charge in [0.2, 0.25) is 5.91 Å². The summed E-state index contributed by atoms with van der Waals surface area (Å²) in [5.41, 5.74) is 4.38. The summed E-state index contributed by atoms with van der Waals surface area (Å²) in [4.78, 5) is 17.5. The lowest BCUT2D eigenvalue weighted by Gasteiger charge is -2.37. The first kappa shape index (κ1) is 23.1. The quantitative estimate of drug-likeness (QED) is 0.700. The smallest absolute Gasteiger partial charge is 0.241 e. The van der Waals surface area contributed by atoms with Crippen LogP contribution < -0.4 is 14.8 Å². The average molecular weight is 426 g/mol. The van der Waals surface area contributed by atoms with Gasteiger partial charge >= 0.3 is 0 Å². The summed E-state index contributed by atoms with van der Waals surface area (Å²) < 4.78 is 11.0. The monoisotopic (exact) mass is 425 g/mol. The van der Waals surface area contributed by atoms with E-state index >= 15 is 0 Å². The molecule has 0 radical (unpaired) electrons. The number of carbonyl (C=O) groups is 1. The molecule has 1 aliphatic rings. The first-order chi connectivity index (χ1) is 14.9. The van der Waals surface area contributed by atoms with E-state index in [0.29, 0.717) is 6.61 Å². The zero-order valence-corrected chi connectivity index (χ0v) is 19.4. The third-order valence-electron chi connectivity index (χ3n) is 5.99. The molecule has 0 spiro atoms. The molecule has 1 amide bonds. The van der Waals surface area contributed by atoms with E-state index in [1.54, 1.807) is 7.11 Å². The zero-order chi connectivity index (χ0) is 22.4. The third-order valence-corrected chi connectivity index (χ3v) is 5.99. The lowest BCUT2D eigenvalue weighted by molar-refractivity contribution is -0.121. The Labute approximate surface area is 186 Å². The van der Waals surface area contributed by atoms with Crippen LogP contribution in [-0.2, 0) is 4.79 Å². The Bertz CT molecular complexity index is 851. The minimum Gasteiger partial charge on any atom is -0.497 e. The number of benzene rings is 2. The number of anilines is 1. The summed E-state index contributed by atoms with van der Waals surface area (Å²) in [6.45, 7) is 13.3. The summed E-state index contributed by atoms with van der Waals surface area (Å²) in [6, 6.07) is 11.7. The Hall–Kier alpha value is -2.57. The lowest BCUT2D eigenvalue weighted by atomic mass is 10.0. The number of carbonyl (C=O) groups excluding carboxylic acids is 1. The van der Waals surface area contributed by atoms with Gasteiger partial charge in [0.15, 0.2) is 0 Å². The number of methoxy groups -OCH3 is 1. The first-order valence-corrected chi connectivity index (χ1v) is 11.0. The predicted molar refractivity (Wildman–Crippen MR) is 125 cm³/mol. The van der Waals surface area contributed by atoms with Crippen LogP contribution in [0.25, 0.3) is 0 Å². The maximum atomic E-state index is 12.9. The summed E-state index contributed by atoms with van der Waals surface area (Å²) in [7, 11) is 1.66. The topological polar surface area (TPSA) is 54.0 Å². The number of nitrogens with zero attached hydrogens (tertiary/aromatic N) is 2. The molecule has 1 saturated heterocycles. The first-order valence-electron chi connectivity index (χ1n) is 11.0. The fraction of sp³-hybridized carbons (Fsp3) is 0.480. The van der Waals surface area contributed by atoms with Crippen LogP contribution in [0.1, 0.15) is 23.6 Å². The van der Waals surface area contributed by atoms with Crippen molar-refractivity contribution in [3.8, 4) is 11.5 Å². The number of rotatable bonds is 8. The van der Waals surface area contributed by atoms with E-state index in [1.165, 1.54) is 5.56 Å². The van der Waals surface area contributed by atoms with Gasteiger partial charge < -0.3 is 14.8 Å². The summed E-state index contributed by atoms with van der Waals surface area (Å²) in [5.74, 6) is 1.74. The van der Waals surface area contributed by atoms with Gasteiger partial charge in [0.05, 0.1) is 13.2 Å². The van der Waals surface area contributed by atoms with Gasteiger partial charge in [-0.15, -0.1) is 0 Å². The molecule has 6 heteroatoms. The summed E-state index contributed by atoms with van der Waals surface area (Å²) in [6.07, 6.45) is 0. The highest BCUT2D eigenvalue weighted by Gasteiger charge is 2.26. The van der Waals surface area contributed by atoms with Gasteiger partial charge in [0.25, 0.3) is 0 Å². The van der Waals surface area contributed by atoms with E-state index in [4.69, 9.17) is 9.47 Å². The highest BCUT2D eigenvalue weighted by atomic mass is 16.5. The lowest BCUT2D eigenvalue weighted by Crippen LogP contribution is -2.53. The molecule has 1 N–H and O–H groups in total. The molecule has 168 valence electrons. The molecule has 1 aliphatic heterocycles. The third kappa shape index (κ3) is 6.21. The molecule has 3 rings (SSSR count). The van der Waals surface area contributed by atoms with Crippen LogP contribution in [0.5, 0.6) is 11.5 Å². The average Bonchev–Trinajstić information content (AvgIpc) is 2.76. The van der Waals surface area contributed by atoms with Crippen molar-refractivity contribution in [2.75, 3.05) is 51.8 Å².